The molecule has 0 aliphatic rings. The van der Waals surface area contributed by atoms with Crippen LogP contribution < -0.4 is 11.1 Å². The average molecular weight is 790 g/mol. The molecular weight excluding hydrogens is 751 g/mol. The van der Waals surface area contributed by atoms with Crippen LogP contribution in [0.1, 0.15) is 38.3 Å². The van der Waals surface area contributed by atoms with Gasteiger partial charge in [-0.3, -0.25) is 4.79 Å². The van der Waals surface area contributed by atoms with Gasteiger partial charge in [0.25, 0.3) is 0 Å². The van der Waals surface area contributed by atoms with E-state index >= 15 is 0 Å². The molecule has 0 radical (unpaired) electrons. The number of methoxy groups -OCH3 is 1. The molecular formula is C42H39N2O7Pd-. The third-order valence-corrected chi connectivity index (χ3v) is 7.53. The molecule has 1 amide bonds. The third-order valence-electron chi connectivity index (χ3n) is 7.53. The second kappa shape index (κ2) is 21.2. The van der Waals surface area contributed by atoms with E-state index in [-0.39, 0.29) is 39.3 Å². The Balaban J connectivity index is 0.000000288. The minimum absolute atomic E-state index is 0. The first-order valence-corrected chi connectivity index (χ1v) is 15.6. The largest absolute Gasteiger partial charge is 0.478 e. The second-order valence-corrected chi connectivity index (χ2v) is 10.9. The number of fused-ring (bicyclic) bond motifs is 2. The van der Waals surface area contributed by atoms with Gasteiger partial charge in [-0.2, -0.15) is 0 Å². The van der Waals surface area contributed by atoms with Crippen molar-refractivity contribution >= 4 is 62.8 Å². The number of ether oxygens (including phenoxy) is 1. The number of amides is 1. The molecule has 6 aromatic rings. The minimum Gasteiger partial charge on any atom is -0.478 e. The monoisotopic (exact) mass is 789 g/mol. The van der Waals surface area contributed by atoms with Gasteiger partial charge in [0.15, 0.2) is 0 Å². The van der Waals surface area contributed by atoms with Crippen molar-refractivity contribution in [1.82, 2.24) is 0 Å². The van der Waals surface area contributed by atoms with Crippen molar-refractivity contribution in [3.63, 3.8) is 0 Å². The molecule has 0 aromatic heterocycles. The van der Waals surface area contributed by atoms with Crippen molar-refractivity contribution < 1.29 is 54.6 Å². The predicted molar refractivity (Wildman–Crippen MR) is 204 cm³/mol. The summed E-state index contributed by atoms with van der Waals surface area (Å²) in [6.45, 7) is 0. The molecule has 0 fully saturated rings. The van der Waals surface area contributed by atoms with Crippen LogP contribution in [-0.2, 0) is 41.2 Å². The topological polar surface area (TPSA) is 156 Å². The van der Waals surface area contributed by atoms with E-state index in [1.165, 1.54) is 13.2 Å². The average Bonchev–Trinajstić information content (AvgIpc) is 3.13. The summed E-state index contributed by atoms with van der Waals surface area (Å²) >= 11 is 0. The van der Waals surface area contributed by atoms with Crippen LogP contribution in [0.5, 0.6) is 0 Å². The van der Waals surface area contributed by atoms with Crippen LogP contribution >= 0.6 is 0 Å². The maximum Gasteiger partial charge on any atom is 0.339 e. The molecule has 5 N–H and O–H groups in total. The zero-order valence-corrected chi connectivity index (χ0v) is 30.2. The van der Waals surface area contributed by atoms with E-state index in [0.717, 1.165) is 38.7 Å². The molecule has 6 rings (SSSR count). The van der Waals surface area contributed by atoms with Gasteiger partial charge in [-0.25, -0.2) is 14.4 Å². The fourth-order valence-electron chi connectivity index (χ4n) is 5.10. The van der Waals surface area contributed by atoms with Crippen molar-refractivity contribution in [3.8, 4) is 0 Å². The Morgan fingerprint density at radius 3 is 1.87 bits per heavy atom. The SMILES string of the molecule is COC(=O)c1ccccc1N.O=C(CCc1cccc2ccccc12)Nc1ccccc1C(=O)O.O=C(O)/C=C/c1cccc2ccccc12.[CH3-].[Pd]. The van der Waals surface area contributed by atoms with E-state index in [2.05, 4.69) is 10.1 Å². The number of nitrogen functional groups attached to an aromatic ring is 1. The number of esters is 1. The first-order chi connectivity index (χ1) is 24.2. The molecule has 0 atom stereocenters. The fraction of sp³-hybridized carbons (Fsp3) is 0.0714. The van der Waals surface area contributed by atoms with Gasteiger partial charge in [0.2, 0.25) is 5.91 Å². The number of carbonyl (C=O) groups is 4. The van der Waals surface area contributed by atoms with Gasteiger partial charge in [-0.05, 0) is 69.4 Å². The number of carbonyl (C=O) groups excluding carboxylic acids is 2. The molecule has 52 heavy (non-hydrogen) atoms. The molecule has 0 aliphatic heterocycles. The zero-order chi connectivity index (χ0) is 35.9. The summed E-state index contributed by atoms with van der Waals surface area (Å²) in [5.41, 5.74) is 8.81. The Kier molecular flexibility index (Phi) is 17.2. The molecule has 0 saturated heterocycles. The molecule has 0 spiro atoms. The van der Waals surface area contributed by atoms with E-state index in [0.29, 0.717) is 29.8 Å². The summed E-state index contributed by atoms with van der Waals surface area (Å²) in [7, 11) is 1.33. The Morgan fingerprint density at radius 2 is 1.23 bits per heavy atom. The summed E-state index contributed by atoms with van der Waals surface area (Å²) in [6, 6.07) is 41.0. The summed E-state index contributed by atoms with van der Waals surface area (Å²) in [6.07, 6.45) is 3.66. The molecule has 0 aliphatic carbocycles. The van der Waals surface area contributed by atoms with Crippen LogP contribution in [0, 0.1) is 7.43 Å². The first kappa shape index (κ1) is 42.1. The standard InChI is InChI=1S/C20H17NO3.C13H10O2.C8H9NO2.CH3.Pd/c22-19(21-18-11-4-3-10-17(18)20(23)24)13-12-15-8-5-7-14-6-1-2-9-16(14)15;14-13(15)9-8-11-6-3-5-10-4-1-2-7-12(10)11;1-11-8(10)6-4-2-3-5-7(6)9;;/h1-11H,12-13H2,(H,21,22)(H,23,24);1-9H,(H,14,15);2-5H,9H2,1H3;1H3;/q;;;-1;/b;9-8+;;;. The molecule has 270 valence electrons. The van der Waals surface area contributed by atoms with Crippen molar-refractivity contribution in [1.29, 1.82) is 0 Å². The molecule has 0 bridgehead atoms. The number of aryl methyl sites for hydroxylation is 1. The van der Waals surface area contributed by atoms with Crippen LogP contribution in [0.4, 0.5) is 11.4 Å². The minimum atomic E-state index is -1.06. The van der Waals surface area contributed by atoms with Crippen LogP contribution in [0.3, 0.4) is 0 Å². The second-order valence-electron chi connectivity index (χ2n) is 10.9. The van der Waals surface area contributed by atoms with Crippen molar-refractivity contribution in [2.24, 2.45) is 0 Å². The van der Waals surface area contributed by atoms with E-state index < -0.39 is 17.9 Å². The molecule has 9 nitrogen and oxygen atoms in total. The van der Waals surface area contributed by atoms with Gasteiger partial charge in [-0.1, -0.05) is 109 Å². The van der Waals surface area contributed by atoms with Crippen LogP contribution in [-0.4, -0.2) is 41.1 Å². The number of aliphatic carboxylic acids is 1. The number of nitrogens with two attached hydrogens (primary N) is 1. The van der Waals surface area contributed by atoms with Gasteiger partial charge >= 0.3 is 17.9 Å². The number of anilines is 2. The Morgan fingerprint density at radius 1 is 0.692 bits per heavy atom. The molecule has 0 heterocycles. The van der Waals surface area contributed by atoms with Gasteiger partial charge in [-0.15, -0.1) is 0 Å². The number of hydrogen-bond donors (Lipinski definition) is 4. The number of carboxylic acids is 2. The maximum atomic E-state index is 12.2. The number of nitrogens with one attached hydrogen (secondary N) is 1. The summed E-state index contributed by atoms with van der Waals surface area (Å²) in [5, 5.41) is 24.9. The molecule has 10 heteroatoms. The number of hydrogen-bond acceptors (Lipinski definition) is 6. The molecule has 0 unspecified atom stereocenters. The van der Waals surface area contributed by atoms with E-state index in [9.17, 15) is 19.2 Å². The smallest absolute Gasteiger partial charge is 0.339 e. The normalized spacial score (nSPS) is 9.94. The number of aromatic carboxylic acids is 1. The number of para-hydroxylation sites is 2. The third kappa shape index (κ3) is 12.1. The van der Waals surface area contributed by atoms with Crippen molar-refractivity contribution in [3.05, 3.63) is 169 Å². The molecule has 6 aromatic carbocycles. The summed E-state index contributed by atoms with van der Waals surface area (Å²) in [5.74, 6) is -2.58. The Bertz CT molecular complexity index is 2150. The van der Waals surface area contributed by atoms with Crippen LogP contribution in [0.2, 0.25) is 0 Å². The summed E-state index contributed by atoms with van der Waals surface area (Å²) in [4.78, 5) is 44.7. The van der Waals surface area contributed by atoms with Gasteiger partial charge in [0, 0.05) is 38.6 Å². The Labute approximate surface area is 316 Å². The van der Waals surface area contributed by atoms with Crippen LogP contribution in [0.25, 0.3) is 27.6 Å². The number of carboxylic acid groups (broad SMARTS) is 2. The van der Waals surface area contributed by atoms with Crippen molar-refractivity contribution in [2.45, 2.75) is 12.8 Å². The quantitative estimate of drug-likeness (QED) is 0.0393. The summed E-state index contributed by atoms with van der Waals surface area (Å²) < 4.78 is 4.50. The van der Waals surface area contributed by atoms with Gasteiger partial charge in [0.05, 0.1) is 23.9 Å². The van der Waals surface area contributed by atoms with E-state index in [4.69, 9.17) is 15.9 Å². The number of rotatable bonds is 8. The maximum absolute atomic E-state index is 12.2. The van der Waals surface area contributed by atoms with E-state index in [1.54, 1.807) is 48.5 Å². The number of benzene rings is 6. The van der Waals surface area contributed by atoms with Gasteiger partial charge < -0.3 is 33.4 Å². The zero-order valence-electron chi connectivity index (χ0n) is 28.6. The van der Waals surface area contributed by atoms with Crippen LogP contribution in [0.15, 0.2) is 140 Å². The first-order valence-electron chi connectivity index (χ1n) is 15.6. The molecule has 0 saturated carbocycles. The Hall–Kier alpha value is -6.08. The van der Waals surface area contributed by atoms with Crippen molar-refractivity contribution in [2.75, 3.05) is 18.2 Å². The van der Waals surface area contributed by atoms with E-state index in [1.807, 2.05) is 84.9 Å². The predicted octanol–water partition coefficient (Wildman–Crippen LogP) is 8.55. The fourth-order valence-corrected chi connectivity index (χ4v) is 5.10. The van der Waals surface area contributed by atoms with Gasteiger partial charge in [0.1, 0.15) is 0 Å².